The molecule has 1 N–H and O–H groups in total. The van der Waals surface area contributed by atoms with E-state index in [0.717, 1.165) is 62.6 Å². The van der Waals surface area contributed by atoms with Crippen molar-refractivity contribution in [1.29, 1.82) is 0 Å². The molecule has 1 unspecified atom stereocenters. The molecule has 2 aliphatic rings. The van der Waals surface area contributed by atoms with Crippen LogP contribution < -0.4 is 17.0 Å². The zero-order chi connectivity index (χ0) is 19.2. The van der Waals surface area contributed by atoms with Gasteiger partial charge in [0.25, 0.3) is 0 Å². The van der Waals surface area contributed by atoms with E-state index in [1.807, 2.05) is 0 Å². The lowest BCUT2D eigenvalue weighted by Crippen LogP contribution is -3.00. The highest BCUT2D eigenvalue weighted by Gasteiger charge is 2.48. The van der Waals surface area contributed by atoms with Crippen molar-refractivity contribution in [1.82, 2.24) is 0 Å². The van der Waals surface area contributed by atoms with Gasteiger partial charge in [-0.3, -0.25) is 4.79 Å². The summed E-state index contributed by atoms with van der Waals surface area (Å²) in [5.41, 5.74) is -0.848. The number of carbonyl (C=O) groups excluding carboxylic acids is 1. The van der Waals surface area contributed by atoms with Gasteiger partial charge in [0, 0.05) is 0 Å². The molecule has 0 aromatic carbocycles. The minimum Gasteiger partial charge on any atom is -1.00 e. The van der Waals surface area contributed by atoms with Gasteiger partial charge in [-0.15, -0.1) is 0 Å². The van der Waals surface area contributed by atoms with Gasteiger partial charge in [-0.25, -0.2) is 0 Å². The second kappa shape index (κ2) is 11.2. The number of esters is 1. The third-order valence-corrected chi connectivity index (χ3v) is 7.50. The first kappa shape index (κ1) is 24.9. The third kappa shape index (κ3) is 6.71. The van der Waals surface area contributed by atoms with Crippen molar-refractivity contribution in [3.05, 3.63) is 0 Å². The van der Waals surface area contributed by atoms with E-state index >= 15 is 0 Å². The maximum absolute atomic E-state index is 13.1. The molecule has 1 atom stereocenters. The number of nitrogens with zero attached hydrogens (tertiary/aromatic N) is 1. The minimum absolute atomic E-state index is 0. The molecule has 0 bridgehead atoms. The van der Waals surface area contributed by atoms with Crippen LogP contribution in [0.2, 0.25) is 0 Å². The highest BCUT2D eigenvalue weighted by molar-refractivity contribution is 5.74. The summed E-state index contributed by atoms with van der Waals surface area (Å²) in [5.74, 6) is 0.503. The molecule has 0 spiro atoms. The number of carbonyl (C=O) groups is 1. The summed E-state index contributed by atoms with van der Waals surface area (Å²) >= 11 is 0. The molecule has 4 nitrogen and oxygen atoms in total. The average molecular weight is 448 g/mol. The first-order valence-electron chi connectivity index (χ1n) is 11.1. The Hall–Kier alpha value is -0.130. The summed E-state index contributed by atoms with van der Waals surface area (Å²) in [6.45, 7) is 10.0. The van der Waals surface area contributed by atoms with Crippen LogP contribution in [0.1, 0.15) is 78.6 Å². The number of halogens is 1. The van der Waals surface area contributed by atoms with E-state index in [4.69, 9.17) is 4.74 Å². The fourth-order valence-corrected chi connectivity index (χ4v) is 4.89. The Morgan fingerprint density at radius 3 is 2.19 bits per heavy atom. The van der Waals surface area contributed by atoms with E-state index < -0.39 is 5.60 Å². The number of hydrogen-bond acceptors (Lipinski definition) is 3. The van der Waals surface area contributed by atoms with Gasteiger partial charge in [0.05, 0.1) is 31.7 Å². The lowest BCUT2D eigenvalue weighted by Gasteiger charge is -2.44. The van der Waals surface area contributed by atoms with Gasteiger partial charge in [-0.1, -0.05) is 26.2 Å². The molecular formula is C22H42BrNO3. The van der Waals surface area contributed by atoms with Gasteiger partial charge < -0.3 is 31.3 Å². The highest BCUT2D eigenvalue weighted by Crippen LogP contribution is 2.44. The Balaban J connectivity index is 0.00000364. The van der Waals surface area contributed by atoms with E-state index in [1.54, 1.807) is 0 Å². The molecule has 5 heteroatoms. The third-order valence-electron chi connectivity index (χ3n) is 7.50. The van der Waals surface area contributed by atoms with Crippen molar-refractivity contribution in [2.24, 2.45) is 17.8 Å². The van der Waals surface area contributed by atoms with E-state index in [1.165, 1.54) is 19.3 Å². The number of likely N-dealkylation sites (N-methyl/N-ethyl adjacent to an activating group) is 1. The second-order valence-corrected chi connectivity index (χ2v) is 9.30. The van der Waals surface area contributed by atoms with E-state index in [0.29, 0.717) is 18.4 Å². The van der Waals surface area contributed by atoms with Gasteiger partial charge >= 0.3 is 5.97 Å². The lowest BCUT2D eigenvalue weighted by molar-refractivity contribution is -0.906. The number of rotatable bonds is 8. The fraction of sp³-hybridized carbons (Fsp3) is 0.955. The molecule has 2 aliphatic carbocycles. The van der Waals surface area contributed by atoms with Gasteiger partial charge in [0.15, 0.2) is 0 Å². The Labute approximate surface area is 177 Å². The zero-order valence-corrected chi connectivity index (χ0v) is 19.6. The van der Waals surface area contributed by atoms with Crippen molar-refractivity contribution in [3.8, 4) is 0 Å². The first-order valence-corrected chi connectivity index (χ1v) is 11.1. The molecule has 0 aliphatic heterocycles. The number of quaternary nitrogens is 1. The molecule has 2 saturated carbocycles. The maximum Gasteiger partial charge on any atom is 0.312 e. The molecule has 0 heterocycles. The Morgan fingerprint density at radius 1 is 1.11 bits per heavy atom. The van der Waals surface area contributed by atoms with Crippen molar-refractivity contribution >= 4 is 5.97 Å². The van der Waals surface area contributed by atoms with Crippen LogP contribution in [-0.4, -0.2) is 54.4 Å². The highest BCUT2D eigenvalue weighted by atomic mass is 79.9. The largest absolute Gasteiger partial charge is 1.00 e. The minimum atomic E-state index is -0.848. The molecule has 0 aromatic rings. The summed E-state index contributed by atoms with van der Waals surface area (Å²) in [4.78, 5) is 13.1. The van der Waals surface area contributed by atoms with Crippen LogP contribution in [0.5, 0.6) is 0 Å². The predicted molar refractivity (Wildman–Crippen MR) is 106 cm³/mol. The SMILES string of the molecule is CC[N+](C)(CC)CCOC(=O)C(C1CCCCC1)C1(O)CCC(C)CC1.[Br-]. The van der Waals surface area contributed by atoms with Crippen LogP contribution in [-0.2, 0) is 9.53 Å². The van der Waals surface area contributed by atoms with E-state index in [-0.39, 0.29) is 28.9 Å². The lowest BCUT2D eigenvalue weighted by atomic mass is 9.65. The van der Waals surface area contributed by atoms with Crippen LogP contribution in [0.25, 0.3) is 0 Å². The number of hydrogen-bond donors (Lipinski definition) is 1. The smallest absolute Gasteiger partial charge is 0.312 e. The quantitative estimate of drug-likeness (QED) is 0.448. The van der Waals surface area contributed by atoms with Crippen LogP contribution >= 0.6 is 0 Å². The molecule has 2 fully saturated rings. The second-order valence-electron chi connectivity index (χ2n) is 9.30. The first-order chi connectivity index (χ1) is 12.3. The monoisotopic (exact) mass is 447 g/mol. The summed E-state index contributed by atoms with van der Waals surface area (Å²) < 4.78 is 6.71. The van der Waals surface area contributed by atoms with Crippen molar-refractivity contribution < 1.29 is 36.1 Å². The molecular weight excluding hydrogens is 406 g/mol. The van der Waals surface area contributed by atoms with Gasteiger partial charge in [-0.2, -0.15) is 0 Å². The fourth-order valence-electron chi connectivity index (χ4n) is 4.89. The summed E-state index contributed by atoms with van der Waals surface area (Å²) in [7, 11) is 2.21. The normalized spacial score (nSPS) is 28.3. The number of aliphatic hydroxyl groups is 1. The average Bonchev–Trinajstić information content (AvgIpc) is 2.65. The maximum atomic E-state index is 13.1. The van der Waals surface area contributed by atoms with Crippen LogP contribution in [0.15, 0.2) is 0 Å². The molecule has 0 radical (unpaired) electrons. The molecule has 160 valence electrons. The van der Waals surface area contributed by atoms with Crippen molar-refractivity contribution in [2.75, 3.05) is 33.3 Å². The molecule has 0 saturated heterocycles. The predicted octanol–water partition coefficient (Wildman–Crippen LogP) is 1.16. The van der Waals surface area contributed by atoms with E-state index in [9.17, 15) is 9.90 Å². The molecule has 2 rings (SSSR count). The van der Waals surface area contributed by atoms with Crippen LogP contribution in [0.3, 0.4) is 0 Å². The Kier molecular flexibility index (Phi) is 10.3. The Bertz CT molecular complexity index is 439. The van der Waals surface area contributed by atoms with Crippen LogP contribution in [0.4, 0.5) is 0 Å². The zero-order valence-electron chi connectivity index (χ0n) is 18.0. The van der Waals surface area contributed by atoms with Crippen LogP contribution in [0, 0.1) is 17.8 Å². The van der Waals surface area contributed by atoms with Gasteiger partial charge in [0.2, 0.25) is 0 Å². The standard InChI is InChI=1S/C22H42NO3.BrH/c1-5-23(4,6-2)16-17-26-21(24)20(19-10-8-7-9-11-19)22(25)14-12-18(3)13-15-22;/h18-20,25H,5-17H2,1-4H3;1H/q+1;/p-1. The van der Waals surface area contributed by atoms with Crippen molar-refractivity contribution in [3.63, 3.8) is 0 Å². The molecule has 0 aromatic heterocycles. The van der Waals surface area contributed by atoms with Gasteiger partial charge in [0.1, 0.15) is 13.2 Å². The topological polar surface area (TPSA) is 46.5 Å². The van der Waals surface area contributed by atoms with Gasteiger partial charge in [-0.05, 0) is 64.2 Å². The number of ether oxygens (including phenoxy) is 1. The summed E-state index contributed by atoms with van der Waals surface area (Å²) in [6.07, 6.45) is 9.30. The molecule has 27 heavy (non-hydrogen) atoms. The van der Waals surface area contributed by atoms with Crippen molar-refractivity contribution in [2.45, 2.75) is 84.2 Å². The molecule has 0 amide bonds. The Morgan fingerprint density at radius 2 is 1.67 bits per heavy atom. The van der Waals surface area contributed by atoms with E-state index in [2.05, 4.69) is 27.8 Å². The summed E-state index contributed by atoms with van der Waals surface area (Å²) in [5, 5.41) is 11.4. The summed E-state index contributed by atoms with van der Waals surface area (Å²) in [6, 6.07) is 0.